The molecule has 0 aliphatic rings. The van der Waals surface area contributed by atoms with Gasteiger partial charge in [0, 0.05) is 0 Å². The van der Waals surface area contributed by atoms with Gasteiger partial charge in [-0.05, 0) is 25.5 Å². The average Bonchev–Trinajstić information content (AvgIpc) is 2.76. The lowest BCUT2D eigenvalue weighted by atomic mass is 10.1. The predicted octanol–water partition coefficient (Wildman–Crippen LogP) is 1.90. The highest BCUT2D eigenvalue weighted by molar-refractivity contribution is 5.96. The Labute approximate surface area is 117 Å². The lowest BCUT2D eigenvalue weighted by molar-refractivity contribution is -0.121. The Bertz CT molecular complexity index is 617. The molecule has 104 valence electrons. The molecule has 1 aromatic carbocycles. The number of amides is 2. The first-order valence-corrected chi connectivity index (χ1v) is 6.26. The van der Waals surface area contributed by atoms with E-state index in [0.29, 0.717) is 17.1 Å². The molecule has 2 N–H and O–H groups in total. The molecule has 2 aromatic rings. The number of furan rings is 1. The lowest BCUT2D eigenvalue weighted by Gasteiger charge is -2.06. The molecule has 0 atom stereocenters. The zero-order valence-corrected chi connectivity index (χ0v) is 11.4. The third-order valence-electron chi connectivity index (χ3n) is 2.81. The van der Waals surface area contributed by atoms with Gasteiger partial charge < -0.3 is 4.42 Å². The van der Waals surface area contributed by atoms with Crippen molar-refractivity contribution in [3.63, 3.8) is 0 Å². The minimum Gasteiger partial charge on any atom is -0.466 e. The van der Waals surface area contributed by atoms with E-state index in [0.717, 1.165) is 5.56 Å². The molecule has 5 nitrogen and oxygen atoms in total. The lowest BCUT2D eigenvalue weighted by Crippen LogP contribution is -2.42. The van der Waals surface area contributed by atoms with Crippen LogP contribution in [0.1, 0.15) is 27.4 Å². The molecule has 1 aromatic heterocycles. The summed E-state index contributed by atoms with van der Waals surface area (Å²) in [5.74, 6) is 0.517. The molecule has 5 heteroatoms. The van der Waals surface area contributed by atoms with Crippen molar-refractivity contribution in [2.75, 3.05) is 0 Å². The van der Waals surface area contributed by atoms with E-state index in [-0.39, 0.29) is 18.2 Å². The van der Waals surface area contributed by atoms with Crippen molar-refractivity contribution in [1.82, 2.24) is 10.9 Å². The first-order chi connectivity index (χ1) is 9.56. The van der Waals surface area contributed by atoms with Gasteiger partial charge in [-0.25, -0.2) is 0 Å². The minimum absolute atomic E-state index is 0.213. The molecule has 0 spiro atoms. The minimum atomic E-state index is -0.388. The number of nitrogens with one attached hydrogen (secondary N) is 2. The summed E-state index contributed by atoms with van der Waals surface area (Å²) >= 11 is 0. The monoisotopic (exact) mass is 272 g/mol. The maximum atomic E-state index is 11.8. The smallest absolute Gasteiger partial charge is 0.273 e. The summed E-state index contributed by atoms with van der Waals surface area (Å²) in [4.78, 5) is 23.5. The van der Waals surface area contributed by atoms with Crippen LogP contribution in [0, 0.1) is 13.8 Å². The van der Waals surface area contributed by atoms with Crippen molar-refractivity contribution in [3.8, 4) is 0 Å². The average molecular weight is 272 g/mol. The first kappa shape index (κ1) is 13.9. The van der Waals surface area contributed by atoms with Crippen LogP contribution in [0.4, 0.5) is 0 Å². The van der Waals surface area contributed by atoms with Crippen molar-refractivity contribution in [2.45, 2.75) is 20.3 Å². The van der Waals surface area contributed by atoms with E-state index < -0.39 is 0 Å². The highest BCUT2D eigenvalue weighted by Gasteiger charge is 2.14. The van der Waals surface area contributed by atoms with Gasteiger partial charge in [0.1, 0.15) is 11.5 Å². The van der Waals surface area contributed by atoms with E-state index in [1.54, 1.807) is 19.9 Å². The topological polar surface area (TPSA) is 71.3 Å². The molecule has 0 unspecified atom stereocenters. The second-order valence-corrected chi connectivity index (χ2v) is 4.49. The van der Waals surface area contributed by atoms with Gasteiger partial charge in [-0.3, -0.25) is 20.4 Å². The van der Waals surface area contributed by atoms with Gasteiger partial charge in [-0.15, -0.1) is 0 Å². The van der Waals surface area contributed by atoms with Gasteiger partial charge in [0.2, 0.25) is 5.91 Å². The Morgan fingerprint density at radius 3 is 2.40 bits per heavy atom. The standard InChI is InChI=1S/C15H16N2O3/c1-10-8-13(11(2)20-10)15(19)17-16-14(18)9-12-6-4-3-5-7-12/h3-8H,9H2,1-2H3,(H,16,18)(H,17,19). The number of aryl methyl sites for hydroxylation is 2. The van der Waals surface area contributed by atoms with Crippen LogP contribution in [0.3, 0.4) is 0 Å². The number of carbonyl (C=O) groups is 2. The van der Waals surface area contributed by atoms with Crippen LogP contribution in [0.5, 0.6) is 0 Å². The SMILES string of the molecule is Cc1cc(C(=O)NNC(=O)Cc2ccccc2)c(C)o1. The van der Waals surface area contributed by atoms with Crippen molar-refractivity contribution in [2.24, 2.45) is 0 Å². The number of carbonyl (C=O) groups excluding carboxylic acids is 2. The molecule has 0 aliphatic carbocycles. The number of benzene rings is 1. The van der Waals surface area contributed by atoms with E-state index in [1.807, 2.05) is 30.3 Å². The second-order valence-electron chi connectivity index (χ2n) is 4.49. The molecule has 0 radical (unpaired) electrons. The first-order valence-electron chi connectivity index (χ1n) is 6.26. The fourth-order valence-electron chi connectivity index (χ4n) is 1.88. The van der Waals surface area contributed by atoms with Crippen LogP contribution in [0.15, 0.2) is 40.8 Å². The molecule has 20 heavy (non-hydrogen) atoms. The second kappa shape index (κ2) is 6.06. The van der Waals surface area contributed by atoms with Crippen LogP contribution >= 0.6 is 0 Å². The summed E-state index contributed by atoms with van der Waals surface area (Å²) in [7, 11) is 0. The van der Waals surface area contributed by atoms with Crippen molar-refractivity contribution < 1.29 is 14.0 Å². The molecule has 0 saturated carbocycles. The molecule has 2 amide bonds. The van der Waals surface area contributed by atoms with Gasteiger partial charge in [-0.1, -0.05) is 30.3 Å². The van der Waals surface area contributed by atoms with Crippen molar-refractivity contribution in [1.29, 1.82) is 0 Å². The van der Waals surface area contributed by atoms with Crippen LogP contribution in [-0.2, 0) is 11.2 Å². The highest BCUT2D eigenvalue weighted by Crippen LogP contribution is 2.12. The van der Waals surface area contributed by atoms with E-state index >= 15 is 0 Å². The van der Waals surface area contributed by atoms with Crippen LogP contribution in [-0.4, -0.2) is 11.8 Å². The van der Waals surface area contributed by atoms with Gasteiger partial charge >= 0.3 is 0 Å². The third-order valence-corrected chi connectivity index (χ3v) is 2.81. The van der Waals surface area contributed by atoms with Crippen molar-refractivity contribution >= 4 is 11.8 Å². The third kappa shape index (κ3) is 3.47. The fourth-order valence-corrected chi connectivity index (χ4v) is 1.88. The van der Waals surface area contributed by atoms with E-state index in [2.05, 4.69) is 10.9 Å². The molecule has 0 saturated heterocycles. The number of hydrogen-bond acceptors (Lipinski definition) is 3. The van der Waals surface area contributed by atoms with Crippen LogP contribution < -0.4 is 10.9 Å². The summed E-state index contributed by atoms with van der Waals surface area (Å²) < 4.78 is 5.26. The zero-order valence-electron chi connectivity index (χ0n) is 11.4. The quantitative estimate of drug-likeness (QED) is 0.838. The number of hydrogen-bond donors (Lipinski definition) is 2. The van der Waals surface area contributed by atoms with E-state index in [9.17, 15) is 9.59 Å². The Morgan fingerprint density at radius 1 is 1.10 bits per heavy atom. The molecule has 0 fully saturated rings. The summed E-state index contributed by atoms with van der Waals surface area (Å²) in [5, 5.41) is 0. The van der Waals surface area contributed by atoms with Gasteiger partial charge in [0.05, 0.1) is 12.0 Å². The van der Waals surface area contributed by atoms with E-state index in [1.165, 1.54) is 0 Å². The zero-order chi connectivity index (χ0) is 14.5. The maximum absolute atomic E-state index is 11.8. The maximum Gasteiger partial charge on any atom is 0.273 e. The van der Waals surface area contributed by atoms with E-state index in [4.69, 9.17) is 4.42 Å². The number of rotatable bonds is 3. The summed E-state index contributed by atoms with van der Waals surface area (Å²) in [6.45, 7) is 3.46. The molecule has 0 bridgehead atoms. The molecular formula is C15H16N2O3. The Balaban J connectivity index is 1.87. The summed E-state index contributed by atoms with van der Waals surface area (Å²) in [5.41, 5.74) is 6.06. The highest BCUT2D eigenvalue weighted by atomic mass is 16.3. The Morgan fingerprint density at radius 2 is 1.80 bits per heavy atom. The van der Waals surface area contributed by atoms with Gasteiger partial charge in [0.25, 0.3) is 5.91 Å². The largest absolute Gasteiger partial charge is 0.466 e. The molecule has 2 rings (SSSR count). The normalized spacial score (nSPS) is 10.1. The Kier molecular flexibility index (Phi) is 4.20. The van der Waals surface area contributed by atoms with Gasteiger partial charge in [0.15, 0.2) is 0 Å². The number of hydrazine groups is 1. The van der Waals surface area contributed by atoms with Crippen molar-refractivity contribution in [3.05, 3.63) is 59.0 Å². The summed E-state index contributed by atoms with van der Waals surface area (Å²) in [6.07, 6.45) is 0.213. The summed E-state index contributed by atoms with van der Waals surface area (Å²) in [6, 6.07) is 10.9. The van der Waals surface area contributed by atoms with Crippen LogP contribution in [0.25, 0.3) is 0 Å². The van der Waals surface area contributed by atoms with Crippen LogP contribution in [0.2, 0.25) is 0 Å². The molecular weight excluding hydrogens is 256 g/mol. The molecule has 0 aliphatic heterocycles. The Hall–Kier alpha value is -2.56. The predicted molar refractivity (Wildman–Crippen MR) is 73.9 cm³/mol. The van der Waals surface area contributed by atoms with Gasteiger partial charge in [-0.2, -0.15) is 0 Å². The fraction of sp³-hybridized carbons (Fsp3) is 0.200. The molecule has 1 heterocycles.